The second kappa shape index (κ2) is 5.06. The largest absolute Gasteiger partial charge is 0.395 e. The second-order valence-corrected chi connectivity index (χ2v) is 5.85. The molecule has 86 valence electrons. The van der Waals surface area contributed by atoms with Crippen LogP contribution in [0.25, 0.3) is 0 Å². The first-order chi connectivity index (χ1) is 6.31. The highest BCUT2D eigenvalue weighted by Gasteiger charge is 2.33. The fraction of sp³-hybridized carbons (Fsp3) is 1.00. The van der Waals surface area contributed by atoms with Gasteiger partial charge in [0.05, 0.1) is 24.5 Å². The number of hydrogen-bond acceptors (Lipinski definition) is 4. The summed E-state index contributed by atoms with van der Waals surface area (Å²) >= 11 is 0. The van der Waals surface area contributed by atoms with E-state index in [1.807, 2.05) is 0 Å². The minimum Gasteiger partial charge on any atom is -0.395 e. The molecule has 2 N–H and O–H groups in total. The highest BCUT2D eigenvalue weighted by Crippen LogP contribution is 2.17. The van der Waals surface area contributed by atoms with Crippen LogP contribution in [-0.4, -0.2) is 54.0 Å². The van der Waals surface area contributed by atoms with E-state index in [9.17, 15) is 8.42 Å². The van der Waals surface area contributed by atoms with Gasteiger partial charge in [0.25, 0.3) is 0 Å². The molecule has 0 saturated carbocycles. The first kappa shape index (κ1) is 13.8. The molecule has 14 heavy (non-hydrogen) atoms. The van der Waals surface area contributed by atoms with Crippen LogP contribution in [0, 0.1) is 0 Å². The maximum Gasteiger partial charge on any atom is 0.214 e. The van der Waals surface area contributed by atoms with E-state index in [4.69, 9.17) is 10.2 Å². The summed E-state index contributed by atoms with van der Waals surface area (Å²) in [6.45, 7) is 4.28. The highest BCUT2D eigenvalue weighted by atomic mass is 32.2. The zero-order valence-corrected chi connectivity index (χ0v) is 9.71. The van der Waals surface area contributed by atoms with Crippen molar-refractivity contribution in [2.45, 2.75) is 26.3 Å². The molecule has 0 aliphatic carbocycles. The average molecular weight is 225 g/mol. The second-order valence-electron chi connectivity index (χ2n) is 3.67. The Morgan fingerprint density at radius 2 is 1.79 bits per heavy atom. The molecule has 0 bridgehead atoms. The molecular formula is C8H19NO4S. The van der Waals surface area contributed by atoms with Crippen LogP contribution in [0.3, 0.4) is 0 Å². The first-order valence-electron chi connectivity index (χ1n) is 4.54. The normalized spacial score (nSPS) is 13.6. The maximum absolute atomic E-state index is 11.6. The Balaban J connectivity index is 4.96. The van der Waals surface area contributed by atoms with Crippen molar-refractivity contribution in [2.24, 2.45) is 0 Å². The monoisotopic (exact) mass is 225 g/mol. The molecule has 0 fully saturated rings. The lowest BCUT2D eigenvalue weighted by atomic mass is 10.1. The fourth-order valence-electron chi connectivity index (χ4n) is 1.14. The molecule has 0 heterocycles. The van der Waals surface area contributed by atoms with Crippen molar-refractivity contribution in [3.05, 3.63) is 0 Å². The van der Waals surface area contributed by atoms with Gasteiger partial charge < -0.3 is 10.2 Å². The summed E-state index contributed by atoms with van der Waals surface area (Å²) in [6.07, 6.45) is 0. The molecule has 0 unspecified atom stereocenters. The molecule has 0 aromatic heterocycles. The Morgan fingerprint density at radius 1 is 1.29 bits per heavy atom. The van der Waals surface area contributed by atoms with E-state index in [2.05, 4.69) is 0 Å². The summed E-state index contributed by atoms with van der Waals surface area (Å²) in [5.41, 5.74) is -0.864. The van der Waals surface area contributed by atoms with Gasteiger partial charge in [0.1, 0.15) is 0 Å². The van der Waals surface area contributed by atoms with Gasteiger partial charge in [-0.3, -0.25) is 0 Å². The van der Waals surface area contributed by atoms with Gasteiger partial charge in [-0.25, -0.2) is 8.42 Å². The van der Waals surface area contributed by atoms with Crippen molar-refractivity contribution in [3.63, 3.8) is 0 Å². The molecular weight excluding hydrogens is 206 g/mol. The third-order valence-electron chi connectivity index (χ3n) is 2.07. The van der Waals surface area contributed by atoms with Gasteiger partial charge in [-0.15, -0.1) is 0 Å². The van der Waals surface area contributed by atoms with Gasteiger partial charge in [0.15, 0.2) is 0 Å². The molecule has 0 aromatic rings. The third kappa shape index (κ3) is 3.20. The summed E-state index contributed by atoms with van der Waals surface area (Å²) in [7, 11) is -3.38. The van der Waals surface area contributed by atoms with E-state index in [1.165, 1.54) is 6.92 Å². The predicted octanol–water partition coefficient (Wildman–Crippen LogP) is -0.599. The van der Waals surface area contributed by atoms with Crippen molar-refractivity contribution in [3.8, 4) is 0 Å². The molecule has 6 heteroatoms. The van der Waals surface area contributed by atoms with Crippen molar-refractivity contribution in [1.82, 2.24) is 4.31 Å². The Labute approximate surface area is 85.4 Å². The van der Waals surface area contributed by atoms with Crippen LogP contribution < -0.4 is 0 Å². The molecule has 0 rings (SSSR count). The van der Waals surface area contributed by atoms with Gasteiger partial charge in [-0.1, -0.05) is 0 Å². The van der Waals surface area contributed by atoms with Crippen LogP contribution in [0.1, 0.15) is 20.8 Å². The standard InChI is InChI=1S/C8H19NO4S/c1-4-14(12,13)9(5-6-10)8(2,3)7-11/h10-11H,4-7H2,1-3H3. The van der Waals surface area contributed by atoms with Crippen LogP contribution >= 0.6 is 0 Å². The molecule has 0 amide bonds. The highest BCUT2D eigenvalue weighted by molar-refractivity contribution is 7.89. The van der Waals surface area contributed by atoms with E-state index in [0.717, 1.165) is 4.31 Å². The predicted molar refractivity (Wildman–Crippen MR) is 54.4 cm³/mol. The van der Waals surface area contributed by atoms with Gasteiger partial charge in [0, 0.05) is 6.54 Å². The van der Waals surface area contributed by atoms with Crippen LogP contribution in [0.5, 0.6) is 0 Å². The summed E-state index contributed by atoms with van der Waals surface area (Å²) in [5, 5.41) is 17.8. The Hall–Kier alpha value is -0.170. The Kier molecular flexibility index (Phi) is 5.00. The van der Waals surface area contributed by atoms with E-state index in [0.29, 0.717) is 0 Å². The Morgan fingerprint density at radius 3 is 2.07 bits per heavy atom. The van der Waals surface area contributed by atoms with Gasteiger partial charge in [-0.2, -0.15) is 4.31 Å². The maximum atomic E-state index is 11.6. The number of rotatable bonds is 6. The van der Waals surface area contributed by atoms with Crippen molar-refractivity contribution in [1.29, 1.82) is 0 Å². The zero-order valence-electron chi connectivity index (χ0n) is 8.89. The number of aliphatic hydroxyl groups excluding tert-OH is 2. The summed E-state index contributed by atoms with van der Waals surface area (Å²) < 4.78 is 24.3. The summed E-state index contributed by atoms with van der Waals surface area (Å²) in [4.78, 5) is 0. The van der Waals surface area contributed by atoms with Crippen LogP contribution in [0.4, 0.5) is 0 Å². The quantitative estimate of drug-likeness (QED) is 0.633. The van der Waals surface area contributed by atoms with Gasteiger partial charge in [-0.05, 0) is 20.8 Å². The molecule has 0 spiro atoms. The first-order valence-corrected chi connectivity index (χ1v) is 6.15. The lowest BCUT2D eigenvalue weighted by molar-refractivity contribution is 0.106. The van der Waals surface area contributed by atoms with E-state index in [-0.39, 0.29) is 25.5 Å². The third-order valence-corrected chi connectivity index (χ3v) is 4.14. The lowest BCUT2D eigenvalue weighted by Gasteiger charge is -2.35. The minimum atomic E-state index is -3.38. The van der Waals surface area contributed by atoms with Crippen LogP contribution in [0.2, 0.25) is 0 Å². The molecule has 0 atom stereocenters. The zero-order chi connectivity index (χ0) is 11.4. The van der Waals surface area contributed by atoms with Crippen molar-refractivity contribution >= 4 is 10.0 Å². The SMILES string of the molecule is CCS(=O)(=O)N(CCO)C(C)(C)CO. The molecule has 0 aromatic carbocycles. The van der Waals surface area contributed by atoms with E-state index < -0.39 is 15.6 Å². The number of sulfonamides is 1. The lowest BCUT2D eigenvalue weighted by Crippen LogP contribution is -2.51. The van der Waals surface area contributed by atoms with E-state index >= 15 is 0 Å². The number of hydrogen-bond donors (Lipinski definition) is 2. The van der Waals surface area contributed by atoms with Crippen molar-refractivity contribution < 1.29 is 18.6 Å². The summed E-state index contributed by atoms with van der Waals surface area (Å²) in [5.74, 6) is -0.0313. The Bertz CT molecular complexity index is 261. The van der Waals surface area contributed by atoms with Crippen LogP contribution in [-0.2, 0) is 10.0 Å². The van der Waals surface area contributed by atoms with Gasteiger partial charge >= 0.3 is 0 Å². The smallest absolute Gasteiger partial charge is 0.214 e. The molecule has 0 saturated heterocycles. The molecule has 0 radical (unpaired) electrons. The fourth-order valence-corrected chi connectivity index (χ4v) is 2.63. The minimum absolute atomic E-state index is 0.0176. The summed E-state index contributed by atoms with van der Waals surface area (Å²) in [6, 6.07) is 0. The van der Waals surface area contributed by atoms with E-state index in [1.54, 1.807) is 13.8 Å². The topological polar surface area (TPSA) is 77.8 Å². The van der Waals surface area contributed by atoms with Crippen LogP contribution in [0.15, 0.2) is 0 Å². The molecule has 0 aliphatic heterocycles. The molecule has 0 aliphatic rings. The van der Waals surface area contributed by atoms with Crippen molar-refractivity contribution in [2.75, 3.05) is 25.5 Å². The number of aliphatic hydroxyl groups is 2. The van der Waals surface area contributed by atoms with Gasteiger partial charge in [0.2, 0.25) is 10.0 Å². The number of β-amino-alcohol motifs (C(OH)–C–C–N with tert-alkyl or cyclic N) is 1. The average Bonchev–Trinajstić information content (AvgIpc) is 2.13. The number of nitrogens with zero attached hydrogens (tertiary/aromatic N) is 1. The molecule has 5 nitrogen and oxygen atoms in total.